The van der Waals surface area contributed by atoms with E-state index in [4.69, 9.17) is 9.47 Å². The van der Waals surface area contributed by atoms with Crippen LogP contribution in [0.2, 0.25) is 0 Å². The number of hydrogen-bond donors (Lipinski definition) is 2. The number of carbonyl (C=O) groups is 4. The van der Waals surface area contributed by atoms with E-state index in [9.17, 15) is 19.2 Å². The number of carbonyl (C=O) groups excluding carboxylic acids is 4. The Bertz CT molecular complexity index is 1330. The third-order valence-corrected chi connectivity index (χ3v) is 7.55. The van der Waals surface area contributed by atoms with Gasteiger partial charge in [-0.25, -0.2) is 9.59 Å². The van der Waals surface area contributed by atoms with Gasteiger partial charge in [0.25, 0.3) is 0 Å². The molecule has 9 heteroatoms. The Morgan fingerprint density at radius 2 is 1.33 bits per heavy atom. The van der Waals surface area contributed by atoms with E-state index in [1.54, 1.807) is 53.4 Å². The van der Waals surface area contributed by atoms with Crippen LogP contribution in [0.25, 0.3) is 0 Å². The van der Waals surface area contributed by atoms with Crippen LogP contribution in [0, 0.1) is 13.8 Å². The molecule has 9 nitrogen and oxygen atoms in total. The Hall–Kier alpha value is -3.88. The van der Waals surface area contributed by atoms with Crippen LogP contribution in [0.5, 0.6) is 0 Å². The number of nitrogens with zero attached hydrogens (tertiary/aromatic N) is 1. The summed E-state index contributed by atoms with van der Waals surface area (Å²) in [7, 11) is 0. The van der Waals surface area contributed by atoms with Crippen LogP contribution in [0.15, 0.2) is 48.5 Å². The minimum absolute atomic E-state index is 0.211. The van der Waals surface area contributed by atoms with Crippen LogP contribution in [-0.4, -0.2) is 58.6 Å². The summed E-state index contributed by atoms with van der Waals surface area (Å²) in [6.45, 7) is 18.5. The van der Waals surface area contributed by atoms with Gasteiger partial charge in [-0.05, 0) is 79.9 Å². The van der Waals surface area contributed by atoms with Crippen LogP contribution < -0.4 is 10.6 Å². The van der Waals surface area contributed by atoms with Crippen molar-refractivity contribution in [1.29, 1.82) is 0 Å². The van der Waals surface area contributed by atoms with Gasteiger partial charge in [-0.1, -0.05) is 98.7 Å². The van der Waals surface area contributed by atoms with Gasteiger partial charge in [0.15, 0.2) is 0 Å². The van der Waals surface area contributed by atoms with E-state index in [0.29, 0.717) is 12.0 Å². The number of esters is 1. The van der Waals surface area contributed by atoms with Gasteiger partial charge in [0.2, 0.25) is 11.8 Å². The van der Waals surface area contributed by atoms with E-state index < -0.39 is 53.2 Å². The smallest absolute Gasteiger partial charge is 0.408 e. The molecule has 3 unspecified atom stereocenters. The molecule has 0 spiro atoms. The van der Waals surface area contributed by atoms with Gasteiger partial charge in [0.1, 0.15) is 29.3 Å². The molecular weight excluding hydrogens is 606 g/mol. The molecule has 0 aliphatic heterocycles. The quantitative estimate of drug-likeness (QED) is 0.142. The van der Waals surface area contributed by atoms with Gasteiger partial charge in [0.05, 0.1) is 0 Å². The fourth-order valence-electron chi connectivity index (χ4n) is 5.53. The highest BCUT2D eigenvalue weighted by molar-refractivity contribution is 5.94. The number of nitrogens with one attached hydrogen (secondary N) is 2. The first-order valence-corrected chi connectivity index (χ1v) is 17.4. The molecule has 0 saturated heterocycles. The predicted octanol–water partition coefficient (Wildman–Crippen LogP) is 7.52. The first-order valence-electron chi connectivity index (χ1n) is 17.4. The lowest BCUT2D eigenvalue weighted by Gasteiger charge is -2.35. The number of hydrogen-bond acceptors (Lipinski definition) is 6. The summed E-state index contributed by atoms with van der Waals surface area (Å²) in [6.07, 6.45) is 5.41. The van der Waals surface area contributed by atoms with Crippen molar-refractivity contribution >= 4 is 23.9 Å². The molecule has 0 fully saturated rings. The SMILES string of the molecule is CCCCCCCCN(C(=O)C(C)NC(=O)OC(C)(C)C)C(C(=O)NC(Cc1ccccc1)C(=O)OC(C)(C)C)c1cc(C)cc(C)c1. The molecule has 0 heterocycles. The van der Waals surface area contributed by atoms with Crippen molar-refractivity contribution in [3.05, 3.63) is 70.8 Å². The minimum atomic E-state index is -1.07. The molecule has 0 aromatic heterocycles. The topological polar surface area (TPSA) is 114 Å². The molecular formula is C39H59N3O6. The lowest BCUT2D eigenvalue weighted by atomic mass is 9.97. The molecule has 266 valence electrons. The maximum Gasteiger partial charge on any atom is 0.408 e. The normalized spacial score (nSPS) is 13.5. The summed E-state index contributed by atoms with van der Waals surface area (Å²) in [6, 6.07) is 12.2. The molecule has 0 radical (unpaired) electrons. The zero-order valence-corrected chi connectivity index (χ0v) is 30.9. The highest BCUT2D eigenvalue weighted by atomic mass is 16.6. The van der Waals surface area contributed by atoms with Crippen molar-refractivity contribution < 1.29 is 28.7 Å². The Morgan fingerprint density at radius 3 is 1.90 bits per heavy atom. The van der Waals surface area contributed by atoms with Crippen molar-refractivity contribution in [3.63, 3.8) is 0 Å². The summed E-state index contributed by atoms with van der Waals surface area (Å²) in [4.78, 5) is 56.6. The van der Waals surface area contributed by atoms with E-state index in [-0.39, 0.29) is 13.0 Å². The molecule has 3 amide bonds. The summed E-state index contributed by atoms with van der Waals surface area (Å²) in [5.41, 5.74) is 1.82. The van der Waals surface area contributed by atoms with E-state index in [1.165, 1.54) is 0 Å². The summed E-state index contributed by atoms with van der Waals surface area (Å²) in [5.74, 6) is -1.49. The number of ether oxygens (including phenoxy) is 2. The monoisotopic (exact) mass is 665 g/mol. The Balaban J connectivity index is 2.57. The van der Waals surface area contributed by atoms with Crippen LogP contribution in [0.3, 0.4) is 0 Å². The molecule has 2 rings (SSSR count). The zero-order valence-electron chi connectivity index (χ0n) is 30.9. The number of aryl methyl sites for hydroxylation is 2. The molecule has 2 N–H and O–H groups in total. The zero-order chi connectivity index (χ0) is 36.1. The number of benzene rings is 2. The molecule has 0 aliphatic rings. The summed E-state index contributed by atoms with van der Waals surface area (Å²) in [5, 5.41) is 5.63. The van der Waals surface area contributed by atoms with Crippen LogP contribution in [0.1, 0.15) is 122 Å². The highest BCUT2D eigenvalue weighted by Crippen LogP contribution is 2.27. The number of unbranched alkanes of at least 4 members (excludes halogenated alkanes) is 5. The lowest BCUT2D eigenvalue weighted by Crippen LogP contribution is -2.54. The molecule has 2 aromatic carbocycles. The third-order valence-electron chi connectivity index (χ3n) is 7.55. The van der Waals surface area contributed by atoms with E-state index >= 15 is 0 Å². The third kappa shape index (κ3) is 14.5. The minimum Gasteiger partial charge on any atom is -0.458 e. The Morgan fingerprint density at radius 1 is 0.771 bits per heavy atom. The average molecular weight is 666 g/mol. The number of amides is 3. The molecule has 2 aromatic rings. The van der Waals surface area contributed by atoms with Gasteiger partial charge < -0.3 is 25.0 Å². The number of alkyl carbamates (subject to hydrolysis) is 1. The van der Waals surface area contributed by atoms with Crippen molar-refractivity contribution in [1.82, 2.24) is 15.5 Å². The van der Waals surface area contributed by atoms with E-state index in [2.05, 4.69) is 17.6 Å². The van der Waals surface area contributed by atoms with Gasteiger partial charge in [-0.3, -0.25) is 9.59 Å². The maximum absolute atomic E-state index is 14.6. The number of rotatable bonds is 16. The van der Waals surface area contributed by atoms with Gasteiger partial charge >= 0.3 is 12.1 Å². The highest BCUT2D eigenvalue weighted by Gasteiger charge is 2.37. The van der Waals surface area contributed by atoms with Crippen molar-refractivity contribution in [2.75, 3.05) is 6.54 Å². The lowest BCUT2D eigenvalue weighted by molar-refractivity contribution is -0.159. The van der Waals surface area contributed by atoms with Gasteiger partial charge in [-0.15, -0.1) is 0 Å². The molecule has 3 atom stereocenters. The van der Waals surface area contributed by atoms with Crippen LogP contribution >= 0.6 is 0 Å². The molecule has 0 aliphatic carbocycles. The van der Waals surface area contributed by atoms with E-state index in [1.807, 2.05) is 62.4 Å². The molecule has 0 bridgehead atoms. The second-order valence-corrected chi connectivity index (χ2v) is 14.8. The van der Waals surface area contributed by atoms with Crippen molar-refractivity contribution in [2.24, 2.45) is 0 Å². The summed E-state index contributed by atoms with van der Waals surface area (Å²) >= 11 is 0. The summed E-state index contributed by atoms with van der Waals surface area (Å²) < 4.78 is 11.2. The predicted molar refractivity (Wildman–Crippen MR) is 190 cm³/mol. The van der Waals surface area contributed by atoms with Gasteiger partial charge in [0, 0.05) is 13.0 Å². The second kappa shape index (κ2) is 18.6. The van der Waals surface area contributed by atoms with Crippen LogP contribution in [-0.2, 0) is 30.3 Å². The fourth-order valence-corrected chi connectivity index (χ4v) is 5.53. The maximum atomic E-state index is 14.6. The van der Waals surface area contributed by atoms with E-state index in [0.717, 1.165) is 48.8 Å². The first kappa shape index (κ1) is 40.3. The van der Waals surface area contributed by atoms with Crippen molar-refractivity contribution in [3.8, 4) is 0 Å². The Kier molecular flexibility index (Phi) is 15.6. The standard InChI is InChI=1S/C39H59N3O6/c1-11-12-13-14-15-19-22-42(35(44)29(4)40-37(46)48-39(8,9)10)33(31-24-27(2)23-28(3)25-31)34(43)41-32(36(45)47-38(5,6)7)26-30-20-17-16-18-21-30/h16-18,20-21,23-25,29,32-33H,11-15,19,22,26H2,1-10H3,(H,40,46)(H,41,43). The largest absolute Gasteiger partial charge is 0.458 e. The fraction of sp³-hybridized carbons (Fsp3) is 0.590. The Labute approximate surface area is 288 Å². The van der Waals surface area contributed by atoms with Crippen LogP contribution in [0.4, 0.5) is 4.79 Å². The average Bonchev–Trinajstić information content (AvgIpc) is 2.95. The first-order chi connectivity index (χ1) is 22.4. The molecule has 0 saturated carbocycles. The van der Waals surface area contributed by atoms with Crippen molar-refractivity contribution in [2.45, 2.75) is 144 Å². The second-order valence-electron chi connectivity index (χ2n) is 14.8. The van der Waals surface area contributed by atoms with Gasteiger partial charge in [-0.2, -0.15) is 0 Å². The molecule has 48 heavy (non-hydrogen) atoms.